The number of carboxylic acids is 1. The van der Waals surface area contributed by atoms with Gasteiger partial charge in [-0.15, -0.1) is 0 Å². The number of carbonyl (C=O) groups is 4. The Kier molecular flexibility index (Phi) is 16.2. The maximum Gasteiger partial charge on any atom is 0.326 e. The number of imidazole rings is 1. The number of thioether (sulfide) groups is 1. The zero-order valence-corrected chi connectivity index (χ0v) is 22.2. The molecule has 0 aliphatic heterocycles. The van der Waals surface area contributed by atoms with Gasteiger partial charge < -0.3 is 43.2 Å². The van der Waals surface area contributed by atoms with E-state index in [0.29, 0.717) is 56.6 Å². The van der Waals surface area contributed by atoms with E-state index in [4.69, 9.17) is 17.2 Å². The number of nitrogens with zero attached hydrogens (tertiary/aromatic N) is 1. The van der Waals surface area contributed by atoms with Crippen molar-refractivity contribution in [2.75, 3.05) is 25.1 Å². The van der Waals surface area contributed by atoms with Crippen LogP contribution >= 0.6 is 11.8 Å². The van der Waals surface area contributed by atoms with Crippen LogP contribution in [-0.2, 0) is 25.6 Å². The van der Waals surface area contributed by atoms with Crippen LogP contribution in [0, 0.1) is 0 Å². The second kappa shape index (κ2) is 18.5. The summed E-state index contributed by atoms with van der Waals surface area (Å²) in [5, 5.41) is 17.5. The zero-order chi connectivity index (χ0) is 27.6. The van der Waals surface area contributed by atoms with Crippen molar-refractivity contribution >= 4 is 35.5 Å². The number of amides is 3. The number of aromatic amines is 1. The van der Waals surface area contributed by atoms with E-state index in [1.807, 2.05) is 6.26 Å². The Bertz CT molecular complexity index is 826. The lowest BCUT2D eigenvalue weighted by Crippen LogP contribution is -2.57. The van der Waals surface area contributed by atoms with Gasteiger partial charge in [-0.25, -0.2) is 9.78 Å². The quantitative estimate of drug-likeness (QED) is 0.0919. The van der Waals surface area contributed by atoms with E-state index >= 15 is 0 Å². The van der Waals surface area contributed by atoms with E-state index in [0.717, 1.165) is 6.42 Å². The lowest BCUT2D eigenvalue weighted by Gasteiger charge is -2.25. The predicted octanol–water partition coefficient (Wildman–Crippen LogP) is -1.17. The zero-order valence-electron chi connectivity index (χ0n) is 21.4. The molecule has 0 aliphatic rings. The Morgan fingerprint density at radius 2 is 1.49 bits per heavy atom. The first-order valence-electron chi connectivity index (χ1n) is 12.5. The van der Waals surface area contributed by atoms with Crippen molar-refractivity contribution in [3.63, 3.8) is 0 Å². The molecule has 11 N–H and O–H groups in total. The van der Waals surface area contributed by atoms with Crippen molar-refractivity contribution in [1.29, 1.82) is 0 Å². The van der Waals surface area contributed by atoms with Gasteiger partial charge >= 0.3 is 5.97 Å². The Morgan fingerprint density at radius 1 is 0.919 bits per heavy atom. The third-order valence-electron chi connectivity index (χ3n) is 5.72. The van der Waals surface area contributed by atoms with Crippen molar-refractivity contribution in [2.24, 2.45) is 17.2 Å². The second-order valence-corrected chi connectivity index (χ2v) is 9.75. The maximum absolute atomic E-state index is 13.2. The minimum atomic E-state index is -1.21. The highest BCUT2D eigenvalue weighted by Gasteiger charge is 2.30. The molecule has 4 atom stereocenters. The Balaban J connectivity index is 2.91. The average molecular weight is 543 g/mol. The molecule has 0 fully saturated rings. The van der Waals surface area contributed by atoms with E-state index in [1.165, 1.54) is 24.3 Å². The van der Waals surface area contributed by atoms with E-state index in [9.17, 15) is 24.3 Å². The fourth-order valence-electron chi connectivity index (χ4n) is 3.55. The number of nitrogens with one attached hydrogen (secondary N) is 4. The summed E-state index contributed by atoms with van der Waals surface area (Å²) in [4.78, 5) is 57.2. The average Bonchev–Trinajstić information content (AvgIpc) is 3.38. The first-order chi connectivity index (χ1) is 17.7. The molecule has 3 amide bonds. The number of H-pyrrole nitrogens is 1. The van der Waals surface area contributed by atoms with Crippen molar-refractivity contribution in [3.8, 4) is 0 Å². The smallest absolute Gasteiger partial charge is 0.326 e. The number of carbonyl (C=O) groups excluding carboxylic acids is 3. The molecule has 1 aromatic heterocycles. The summed E-state index contributed by atoms with van der Waals surface area (Å²) in [6.07, 6.45) is 8.46. The molecule has 4 unspecified atom stereocenters. The number of aromatic nitrogens is 2. The summed E-state index contributed by atoms with van der Waals surface area (Å²) in [7, 11) is 0. The molecule has 0 saturated carbocycles. The number of unbranched alkanes of at least 4 members (excludes halogenated alkanes) is 2. The van der Waals surface area contributed by atoms with Crippen LogP contribution in [0.5, 0.6) is 0 Å². The van der Waals surface area contributed by atoms with Crippen LogP contribution in [0.15, 0.2) is 12.5 Å². The molecule has 210 valence electrons. The van der Waals surface area contributed by atoms with Crippen LogP contribution in [0.4, 0.5) is 0 Å². The van der Waals surface area contributed by atoms with Crippen LogP contribution in [0.25, 0.3) is 0 Å². The number of aliphatic carboxylic acids is 1. The molecule has 1 heterocycles. The molecular weight excluding hydrogens is 500 g/mol. The number of rotatable bonds is 20. The third-order valence-corrected chi connectivity index (χ3v) is 6.37. The van der Waals surface area contributed by atoms with Gasteiger partial charge in [0.25, 0.3) is 0 Å². The Morgan fingerprint density at radius 3 is 2.03 bits per heavy atom. The molecule has 13 nitrogen and oxygen atoms in total. The molecule has 0 radical (unpaired) electrons. The molecular formula is C23H42N8O5S. The Labute approximate surface area is 221 Å². The predicted molar refractivity (Wildman–Crippen MR) is 143 cm³/mol. The third kappa shape index (κ3) is 12.9. The first-order valence-corrected chi connectivity index (χ1v) is 13.9. The van der Waals surface area contributed by atoms with Gasteiger partial charge in [0.05, 0.1) is 12.4 Å². The van der Waals surface area contributed by atoms with Crippen LogP contribution < -0.4 is 33.2 Å². The number of hydrogen-bond acceptors (Lipinski definition) is 9. The highest BCUT2D eigenvalue weighted by atomic mass is 32.2. The molecule has 1 rings (SSSR count). The van der Waals surface area contributed by atoms with Gasteiger partial charge in [0.15, 0.2) is 0 Å². The number of nitrogens with two attached hydrogens (primary N) is 3. The lowest BCUT2D eigenvalue weighted by molar-refractivity contribution is -0.142. The fraction of sp³-hybridized carbons (Fsp3) is 0.696. The van der Waals surface area contributed by atoms with E-state index in [-0.39, 0.29) is 12.8 Å². The molecule has 37 heavy (non-hydrogen) atoms. The van der Waals surface area contributed by atoms with Gasteiger partial charge in [-0.05, 0) is 63.6 Å². The van der Waals surface area contributed by atoms with E-state index in [1.54, 1.807) is 0 Å². The number of carboxylic acid groups (broad SMARTS) is 1. The SMILES string of the molecule is CSCCC(NC(=O)C(CCCCN)NC(=O)C(N)CCCCN)C(=O)NC(Cc1cnc[nH]1)C(=O)O. The molecule has 0 spiro atoms. The minimum Gasteiger partial charge on any atom is -0.480 e. The maximum atomic E-state index is 13.2. The van der Waals surface area contributed by atoms with Crippen molar-refractivity contribution < 1.29 is 24.3 Å². The number of hydrogen-bond donors (Lipinski definition) is 8. The van der Waals surface area contributed by atoms with Crippen molar-refractivity contribution in [1.82, 2.24) is 25.9 Å². The summed E-state index contributed by atoms with van der Waals surface area (Å²) in [6.45, 7) is 0.940. The summed E-state index contributed by atoms with van der Waals surface area (Å²) in [5.41, 5.74) is 17.6. The van der Waals surface area contributed by atoms with Gasteiger partial charge in [-0.1, -0.05) is 6.42 Å². The monoisotopic (exact) mass is 542 g/mol. The summed E-state index contributed by atoms with van der Waals surface area (Å²) in [6, 6.07) is -3.90. The largest absolute Gasteiger partial charge is 0.480 e. The van der Waals surface area contributed by atoms with Crippen LogP contribution in [0.1, 0.15) is 50.6 Å². The summed E-state index contributed by atoms with van der Waals surface area (Å²) >= 11 is 1.48. The second-order valence-electron chi connectivity index (χ2n) is 8.76. The van der Waals surface area contributed by atoms with Crippen LogP contribution in [0.3, 0.4) is 0 Å². The highest BCUT2D eigenvalue weighted by molar-refractivity contribution is 7.98. The van der Waals surface area contributed by atoms with E-state index < -0.39 is 47.9 Å². The van der Waals surface area contributed by atoms with Gasteiger partial charge in [0.1, 0.15) is 18.1 Å². The first kappa shape index (κ1) is 32.3. The molecule has 0 bridgehead atoms. The summed E-state index contributed by atoms with van der Waals surface area (Å²) < 4.78 is 0. The van der Waals surface area contributed by atoms with Crippen molar-refractivity contribution in [2.45, 2.75) is 75.5 Å². The van der Waals surface area contributed by atoms with Crippen LogP contribution in [-0.4, -0.2) is 88.0 Å². The van der Waals surface area contributed by atoms with Gasteiger partial charge in [-0.3, -0.25) is 14.4 Å². The van der Waals surface area contributed by atoms with Crippen LogP contribution in [0.2, 0.25) is 0 Å². The molecule has 0 aromatic carbocycles. The normalized spacial score (nSPS) is 14.3. The van der Waals surface area contributed by atoms with Crippen molar-refractivity contribution in [3.05, 3.63) is 18.2 Å². The summed E-state index contributed by atoms with van der Waals surface area (Å²) in [5.74, 6) is -2.29. The van der Waals surface area contributed by atoms with Gasteiger partial charge in [0.2, 0.25) is 17.7 Å². The molecule has 0 saturated heterocycles. The molecule has 14 heteroatoms. The minimum absolute atomic E-state index is 0.00405. The lowest BCUT2D eigenvalue weighted by atomic mass is 10.0. The highest BCUT2D eigenvalue weighted by Crippen LogP contribution is 2.08. The van der Waals surface area contributed by atoms with Gasteiger partial charge in [-0.2, -0.15) is 11.8 Å². The standard InChI is InChI=1S/C23H42N8O5S/c1-37-11-8-18(22(34)31-19(23(35)36)12-15-13-27-14-28-15)30-21(33)17(7-3-5-10-25)29-20(32)16(26)6-2-4-9-24/h13-14,16-19H,2-12,24-26H2,1H3,(H,27,28)(H,29,32)(H,30,33)(H,31,34)(H,35,36). The van der Waals surface area contributed by atoms with Gasteiger partial charge in [0, 0.05) is 18.3 Å². The fourth-order valence-corrected chi connectivity index (χ4v) is 4.02. The topological polar surface area (TPSA) is 231 Å². The molecule has 1 aromatic rings. The Hall–Kier alpha value is -2.68. The molecule has 0 aliphatic carbocycles. The van der Waals surface area contributed by atoms with E-state index in [2.05, 4.69) is 25.9 Å².